The number of hydrogen-bond donors (Lipinski definition) is 0. The summed E-state index contributed by atoms with van der Waals surface area (Å²) < 4.78 is 0. The van der Waals surface area contributed by atoms with Crippen LogP contribution in [0.15, 0.2) is 0 Å². The highest BCUT2D eigenvalue weighted by Crippen LogP contribution is 2.76. The topological polar surface area (TPSA) is 17.1 Å². The van der Waals surface area contributed by atoms with Crippen LogP contribution in [0.5, 0.6) is 0 Å². The fourth-order valence-electron chi connectivity index (χ4n) is 3.94. The van der Waals surface area contributed by atoms with E-state index in [0.717, 1.165) is 5.92 Å². The van der Waals surface area contributed by atoms with Crippen molar-refractivity contribution in [3.8, 4) is 0 Å². The van der Waals surface area contributed by atoms with Crippen molar-refractivity contribution in [1.82, 2.24) is 0 Å². The maximum Gasteiger partial charge on any atom is 0.127 e. The number of aldehydes is 1. The lowest BCUT2D eigenvalue weighted by Gasteiger charge is -2.31. The Morgan fingerprint density at radius 2 is 1.85 bits per heavy atom. The highest BCUT2D eigenvalue weighted by atomic mass is 16.1. The lowest BCUT2D eigenvalue weighted by atomic mass is 9.72. The minimum Gasteiger partial charge on any atom is -0.303 e. The first-order valence-electron chi connectivity index (χ1n) is 5.44. The van der Waals surface area contributed by atoms with Gasteiger partial charge in [-0.1, -0.05) is 34.1 Å². The fraction of sp³-hybridized carbons (Fsp3) is 0.917. The third-order valence-electron chi connectivity index (χ3n) is 5.19. The largest absolute Gasteiger partial charge is 0.303 e. The zero-order valence-corrected chi connectivity index (χ0v) is 9.13. The Labute approximate surface area is 80.9 Å². The molecular weight excluding hydrogens is 160 g/mol. The molecule has 0 aromatic heterocycles. The maximum absolute atomic E-state index is 11.3. The van der Waals surface area contributed by atoms with E-state index in [1.54, 1.807) is 0 Å². The Bertz CT molecular complexity index is 244. The second kappa shape index (κ2) is 2.37. The van der Waals surface area contributed by atoms with E-state index in [0.29, 0.717) is 11.8 Å². The van der Waals surface area contributed by atoms with Crippen molar-refractivity contribution in [2.75, 3.05) is 0 Å². The summed E-state index contributed by atoms with van der Waals surface area (Å²) in [6.07, 6.45) is 3.83. The minimum absolute atomic E-state index is 0.0324. The van der Waals surface area contributed by atoms with Gasteiger partial charge in [-0.3, -0.25) is 0 Å². The van der Waals surface area contributed by atoms with E-state index in [1.807, 2.05) is 0 Å². The van der Waals surface area contributed by atoms with Gasteiger partial charge in [0.25, 0.3) is 0 Å². The van der Waals surface area contributed by atoms with Crippen LogP contribution in [0.1, 0.15) is 40.5 Å². The van der Waals surface area contributed by atoms with Gasteiger partial charge in [0.15, 0.2) is 0 Å². The number of rotatable bonds is 1. The van der Waals surface area contributed by atoms with Crippen LogP contribution >= 0.6 is 0 Å². The van der Waals surface area contributed by atoms with Crippen molar-refractivity contribution in [3.05, 3.63) is 0 Å². The van der Waals surface area contributed by atoms with E-state index < -0.39 is 0 Å². The molecule has 0 bridgehead atoms. The third-order valence-corrected chi connectivity index (χ3v) is 5.19. The minimum atomic E-state index is 0.0324. The van der Waals surface area contributed by atoms with Crippen molar-refractivity contribution in [2.45, 2.75) is 40.5 Å². The van der Waals surface area contributed by atoms with E-state index in [4.69, 9.17) is 0 Å². The standard InChI is InChI=1S/C12H20O/c1-8-5-6-10-11(3,4)12(10,7-13)9(8)2/h7-10H,5-6H2,1-4H3. The number of fused-ring (bicyclic) bond motifs is 1. The molecule has 2 fully saturated rings. The van der Waals surface area contributed by atoms with E-state index in [-0.39, 0.29) is 10.8 Å². The summed E-state index contributed by atoms with van der Waals surface area (Å²) in [6.45, 7) is 9.09. The Morgan fingerprint density at radius 1 is 1.23 bits per heavy atom. The van der Waals surface area contributed by atoms with Crippen LogP contribution in [-0.4, -0.2) is 6.29 Å². The highest BCUT2D eigenvalue weighted by molar-refractivity contribution is 5.69. The lowest BCUT2D eigenvalue weighted by molar-refractivity contribution is -0.116. The van der Waals surface area contributed by atoms with E-state index in [2.05, 4.69) is 27.7 Å². The maximum atomic E-state index is 11.3. The Balaban J connectivity index is 2.34. The molecule has 0 aliphatic heterocycles. The molecule has 1 nitrogen and oxygen atoms in total. The van der Waals surface area contributed by atoms with Crippen molar-refractivity contribution in [1.29, 1.82) is 0 Å². The zero-order chi connectivity index (χ0) is 9.85. The molecule has 0 heterocycles. The molecule has 4 atom stereocenters. The van der Waals surface area contributed by atoms with Gasteiger partial charge in [0.2, 0.25) is 0 Å². The summed E-state index contributed by atoms with van der Waals surface area (Å²) in [5.74, 6) is 1.98. The van der Waals surface area contributed by atoms with Gasteiger partial charge in [-0.2, -0.15) is 0 Å². The van der Waals surface area contributed by atoms with Crippen LogP contribution in [0.2, 0.25) is 0 Å². The van der Waals surface area contributed by atoms with Gasteiger partial charge >= 0.3 is 0 Å². The quantitative estimate of drug-likeness (QED) is 0.567. The summed E-state index contributed by atoms with van der Waals surface area (Å²) in [6, 6.07) is 0. The van der Waals surface area contributed by atoms with Crippen LogP contribution in [0.4, 0.5) is 0 Å². The molecule has 0 radical (unpaired) electrons. The van der Waals surface area contributed by atoms with Gasteiger partial charge in [-0.15, -0.1) is 0 Å². The van der Waals surface area contributed by atoms with Crippen LogP contribution in [0.3, 0.4) is 0 Å². The average Bonchev–Trinajstić information content (AvgIpc) is 2.58. The second-order valence-electron chi connectivity index (χ2n) is 5.67. The molecule has 0 N–H and O–H groups in total. The summed E-state index contributed by atoms with van der Waals surface area (Å²) >= 11 is 0. The second-order valence-corrected chi connectivity index (χ2v) is 5.67. The molecule has 1 heteroatoms. The molecule has 0 aromatic rings. The average molecular weight is 180 g/mol. The van der Waals surface area contributed by atoms with Crippen molar-refractivity contribution < 1.29 is 4.79 Å². The monoisotopic (exact) mass is 180 g/mol. The van der Waals surface area contributed by atoms with Gasteiger partial charge < -0.3 is 4.79 Å². The molecule has 4 unspecified atom stereocenters. The molecule has 0 saturated heterocycles. The zero-order valence-electron chi connectivity index (χ0n) is 9.13. The summed E-state index contributed by atoms with van der Waals surface area (Å²) in [5, 5.41) is 0. The smallest absolute Gasteiger partial charge is 0.127 e. The van der Waals surface area contributed by atoms with E-state index >= 15 is 0 Å². The van der Waals surface area contributed by atoms with E-state index in [1.165, 1.54) is 19.1 Å². The Hall–Kier alpha value is -0.330. The summed E-state index contributed by atoms with van der Waals surface area (Å²) in [4.78, 5) is 11.3. The van der Waals surface area contributed by atoms with Gasteiger partial charge in [0.05, 0.1) is 0 Å². The molecule has 2 aliphatic rings. The first-order chi connectivity index (χ1) is 5.98. The van der Waals surface area contributed by atoms with Gasteiger partial charge in [-0.05, 0) is 29.6 Å². The van der Waals surface area contributed by atoms with Crippen LogP contribution in [0.25, 0.3) is 0 Å². The van der Waals surface area contributed by atoms with Crippen LogP contribution in [0, 0.1) is 28.6 Å². The number of carbonyl (C=O) groups is 1. The van der Waals surface area contributed by atoms with Crippen molar-refractivity contribution >= 4 is 6.29 Å². The van der Waals surface area contributed by atoms with Crippen LogP contribution < -0.4 is 0 Å². The molecule has 0 spiro atoms. The lowest BCUT2D eigenvalue weighted by Crippen LogP contribution is -2.29. The highest BCUT2D eigenvalue weighted by Gasteiger charge is 2.74. The SMILES string of the molecule is CC1CCC2C(C)(C)C2(C=O)C1C. The molecule has 13 heavy (non-hydrogen) atoms. The Kier molecular flexibility index (Phi) is 1.68. The van der Waals surface area contributed by atoms with Gasteiger partial charge in [0.1, 0.15) is 6.29 Å². The molecule has 2 aliphatic carbocycles. The fourth-order valence-corrected chi connectivity index (χ4v) is 3.94. The van der Waals surface area contributed by atoms with Gasteiger partial charge in [-0.25, -0.2) is 0 Å². The molecule has 2 rings (SSSR count). The van der Waals surface area contributed by atoms with Crippen molar-refractivity contribution in [2.24, 2.45) is 28.6 Å². The molecule has 2 saturated carbocycles. The first kappa shape index (κ1) is 9.23. The van der Waals surface area contributed by atoms with Gasteiger partial charge in [0, 0.05) is 5.41 Å². The van der Waals surface area contributed by atoms with E-state index in [9.17, 15) is 4.79 Å². The molecular formula is C12H20O. The Morgan fingerprint density at radius 3 is 2.31 bits per heavy atom. The molecule has 0 amide bonds. The van der Waals surface area contributed by atoms with Crippen molar-refractivity contribution in [3.63, 3.8) is 0 Å². The number of hydrogen-bond acceptors (Lipinski definition) is 1. The molecule has 74 valence electrons. The normalized spacial score (nSPS) is 52.5. The third kappa shape index (κ3) is 0.812. The summed E-state index contributed by atoms with van der Waals surface area (Å²) in [5.41, 5.74) is 0.309. The van der Waals surface area contributed by atoms with Crippen LogP contribution in [-0.2, 0) is 4.79 Å². The predicted octanol–water partition coefficient (Wildman–Crippen LogP) is 2.89. The number of carbonyl (C=O) groups excluding carboxylic acids is 1. The first-order valence-corrected chi connectivity index (χ1v) is 5.44. The summed E-state index contributed by atoms with van der Waals surface area (Å²) in [7, 11) is 0. The predicted molar refractivity (Wildman–Crippen MR) is 53.3 cm³/mol. The molecule has 0 aromatic carbocycles.